The molecular weight excluding hydrogens is 190 g/mol. The van der Waals surface area contributed by atoms with E-state index in [1.165, 1.54) is 0 Å². The van der Waals surface area contributed by atoms with Crippen LogP contribution < -0.4 is 10.6 Å². The second kappa shape index (κ2) is 3.62. The summed E-state index contributed by atoms with van der Waals surface area (Å²) in [5, 5.41) is 14.7. The molecule has 0 bridgehead atoms. The molecule has 4 heteroatoms. The predicted molar refractivity (Wildman–Crippen MR) is 57.5 cm³/mol. The van der Waals surface area contributed by atoms with Crippen LogP contribution in [0, 0.1) is 11.3 Å². The van der Waals surface area contributed by atoms with Crippen molar-refractivity contribution in [1.29, 1.82) is 5.26 Å². The summed E-state index contributed by atoms with van der Waals surface area (Å²) in [4.78, 5) is 11.5. The van der Waals surface area contributed by atoms with Crippen LogP contribution in [0.25, 0.3) is 0 Å². The highest BCUT2D eigenvalue weighted by Gasteiger charge is 2.23. The summed E-state index contributed by atoms with van der Waals surface area (Å²) < 4.78 is 0. The lowest BCUT2D eigenvalue weighted by Gasteiger charge is -2.25. The number of hydrogen-bond donors (Lipinski definition) is 2. The van der Waals surface area contributed by atoms with Gasteiger partial charge in [-0.05, 0) is 24.6 Å². The van der Waals surface area contributed by atoms with Gasteiger partial charge in [0, 0.05) is 0 Å². The number of anilines is 2. The zero-order chi connectivity index (χ0) is 10.8. The quantitative estimate of drug-likeness (QED) is 0.726. The van der Waals surface area contributed by atoms with Crippen molar-refractivity contribution >= 4 is 17.3 Å². The van der Waals surface area contributed by atoms with Crippen LogP contribution in [0.15, 0.2) is 18.2 Å². The van der Waals surface area contributed by atoms with Crippen molar-refractivity contribution in [2.45, 2.75) is 19.4 Å². The molecule has 0 saturated heterocycles. The van der Waals surface area contributed by atoms with E-state index in [2.05, 4.69) is 16.7 Å². The molecule has 0 saturated carbocycles. The van der Waals surface area contributed by atoms with E-state index in [9.17, 15) is 4.79 Å². The normalized spacial score (nSPS) is 18.4. The summed E-state index contributed by atoms with van der Waals surface area (Å²) in [6.07, 6.45) is 0.724. The molecule has 1 aliphatic heterocycles. The van der Waals surface area contributed by atoms with Crippen LogP contribution in [0.3, 0.4) is 0 Å². The van der Waals surface area contributed by atoms with Crippen LogP contribution in [0.5, 0.6) is 0 Å². The molecule has 1 unspecified atom stereocenters. The van der Waals surface area contributed by atoms with Crippen molar-refractivity contribution < 1.29 is 4.79 Å². The molecule has 0 aromatic heterocycles. The Balaban J connectivity index is 2.38. The highest BCUT2D eigenvalue weighted by Crippen LogP contribution is 2.28. The summed E-state index contributed by atoms with van der Waals surface area (Å²) in [6, 6.07) is 7.04. The molecule has 1 heterocycles. The molecule has 0 spiro atoms. The lowest BCUT2D eigenvalue weighted by Crippen LogP contribution is -2.38. The van der Waals surface area contributed by atoms with E-state index in [0.717, 1.165) is 17.8 Å². The molecular formula is C11H11N3O. The van der Waals surface area contributed by atoms with Gasteiger partial charge in [0.25, 0.3) is 0 Å². The molecule has 0 radical (unpaired) electrons. The molecule has 0 aliphatic carbocycles. The molecule has 1 aliphatic rings. The monoisotopic (exact) mass is 201 g/mol. The SMILES string of the molecule is CCC1Nc2cc(C#N)ccc2NC1=O. The van der Waals surface area contributed by atoms with E-state index >= 15 is 0 Å². The van der Waals surface area contributed by atoms with E-state index in [1.54, 1.807) is 18.2 Å². The van der Waals surface area contributed by atoms with Crippen LogP contribution in [0.4, 0.5) is 11.4 Å². The van der Waals surface area contributed by atoms with E-state index in [-0.39, 0.29) is 11.9 Å². The third-order valence-corrected chi connectivity index (χ3v) is 2.46. The highest BCUT2D eigenvalue weighted by atomic mass is 16.2. The van der Waals surface area contributed by atoms with Gasteiger partial charge in [-0.15, -0.1) is 0 Å². The van der Waals surface area contributed by atoms with Crippen LogP contribution in [0.2, 0.25) is 0 Å². The second-order valence-corrected chi connectivity index (χ2v) is 3.47. The fourth-order valence-corrected chi connectivity index (χ4v) is 1.60. The average Bonchev–Trinajstić information content (AvgIpc) is 2.27. The van der Waals surface area contributed by atoms with Crippen molar-refractivity contribution in [2.24, 2.45) is 0 Å². The number of nitrogens with zero attached hydrogens (tertiary/aromatic N) is 1. The Morgan fingerprint density at radius 2 is 2.27 bits per heavy atom. The number of nitriles is 1. The van der Waals surface area contributed by atoms with Gasteiger partial charge in [0.1, 0.15) is 6.04 Å². The minimum atomic E-state index is -0.202. The molecule has 76 valence electrons. The summed E-state index contributed by atoms with van der Waals surface area (Å²) >= 11 is 0. The summed E-state index contributed by atoms with van der Waals surface area (Å²) in [5.74, 6) is -0.0188. The Morgan fingerprint density at radius 3 is 2.93 bits per heavy atom. The van der Waals surface area contributed by atoms with Crippen molar-refractivity contribution in [3.8, 4) is 6.07 Å². The fraction of sp³-hybridized carbons (Fsp3) is 0.273. The number of amides is 1. The zero-order valence-electron chi connectivity index (χ0n) is 8.37. The minimum absolute atomic E-state index is 0.0188. The van der Waals surface area contributed by atoms with Crippen molar-refractivity contribution in [1.82, 2.24) is 0 Å². The highest BCUT2D eigenvalue weighted by molar-refractivity contribution is 6.03. The molecule has 0 fully saturated rings. The van der Waals surface area contributed by atoms with Gasteiger partial charge in [0.15, 0.2) is 0 Å². The Kier molecular flexibility index (Phi) is 2.30. The van der Waals surface area contributed by atoms with Gasteiger partial charge in [0.2, 0.25) is 5.91 Å². The Hall–Kier alpha value is -2.02. The van der Waals surface area contributed by atoms with Gasteiger partial charge in [0.05, 0.1) is 23.0 Å². The third kappa shape index (κ3) is 1.64. The van der Waals surface area contributed by atoms with Gasteiger partial charge in [-0.25, -0.2) is 0 Å². The molecule has 2 rings (SSSR count). The van der Waals surface area contributed by atoms with Crippen LogP contribution in [-0.4, -0.2) is 11.9 Å². The van der Waals surface area contributed by atoms with E-state index in [0.29, 0.717) is 5.56 Å². The first-order chi connectivity index (χ1) is 7.24. The molecule has 4 nitrogen and oxygen atoms in total. The summed E-state index contributed by atoms with van der Waals surface area (Å²) in [7, 11) is 0. The largest absolute Gasteiger partial charge is 0.372 e. The molecule has 1 aromatic rings. The number of hydrogen-bond acceptors (Lipinski definition) is 3. The Labute approximate surface area is 87.9 Å². The van der Waals surface area contributed by atoms with Crippen molar-refractivity contribution in [3.05, 3.63) is 23.8 Å². The average molecular weight is 201 g/mol. The smallest absolute Gasteiger partial charge is 0.246 e. The van der Waals surface area contributed by atoms with Gasteiger partial charge >= 0.3 is 0 Å². The number of nitrogens with one attached hydrogen (secondary N) is 2. The third-order valence-electron chi connectivity index (χ3n) is 2.46. The number of carbonyl (C=O) groups is 1. The lowest BCUT2D eigenvalue weighted by atomic mass is 10.1. The van der Waals surface area contributed by atoms with Gasteiger partial charge < -0.3 is 10.6 Å². The molecule has 1 amide bonds. The molecule has 15 heavy (non-hydrogen) atoms. The van der Waals surface area contributed by atoms with Crippen molar-refractivity contribution in [3.63, 3.8) is 0 Å². The van der Waals surface area contributed by atoms with Crippen LogP contribution in [-0.2, 0) is 4.79 Å². The molecule has 2 N–H and O–H groups in total. The van der Waals surface area contributed by atoms with Crippen LogP contribution >= 0.6 is 0 Å². The minimum Gasteiger partial charge on any atom is -0.372 e. The maximum atomic E-state index is 11.5. The topological polar surface area (TPSA) is 64.9 Å². The summed E-state index contributed by atoms with van der Waals surface area (Å²) in [6.45, 7) is 1.94. The second-order valence-electron chi connectivity index (χ2n) is 3.47. The number of carbonyl (C=O) groups excluding carboxylic acids is 1. The zero-order valence-corrected chi connectivity index (χ0v) is 8.37. The predicted octanol–water partition coefficient (Wildman–Crippen LogP) is 1.70. The summed E-state index contributed by atoms with van der Waals surface area (Å²) in [5.41, 5.74) is 2.15. The fourth-order valence-electron chi connectivity index (χ4n) is 1.60. The van der Waals surface area contributed by atoms with Crippen molar-refractivity contribution in [2.75, 3.05) is 10.6 Å². The first-order valence-corrected chi connectivity index (χ1v) is 4.86. The Morgan fingerprint density at radius 1 is 1.47 bits per heavy atom. The Bertz CT molecular complexity index is 448. The van der Waals surface area contributed by atoms with E-state index in [4.69, 9.17) is 5.26 Å². The first-order valence-electron chi connectivity index (χ1n) is 4.86. The number of fused-ring (bicyclic) bond motifs is 1. The van der Waals surface area contributed by atoms with Gasteiger partial charge in [-0.2, -0.15) is 5.26 Å². The van der Waals surface area contributed by atoms with Crippen LogP contribution in [0.1, 0.15) is 18.9 Å². The van der Waals surface area contributed by atoms with Gasteiger partial charge in [-0.1, -0.05) is 6.92 Å². The number of rotatable bonds is 1. The standard InChI is InChI=1S/C11H11N3O/c1-2-8-11(15)14-9-4-3-7(6-12)5-10(9)13-8/h3-5,8,13H,2H2,1H3,(H,14,15). The first kappa shape index (κ1) is 9.53. The number of benzene rings is 1. The molecule has 1 atom stereocenters. The maximum Gasteiger partial charge on any atom is 0.246 e. The van der Waals surface area contributed by atoms with Gasteiger partial charge in [-0.3, -0.25) is 4.79 Å². The van der Waals surface area contributed by atoms with E-state index < -0.39 is 0 Å². The maximum absolute atomic E-state index is 11.5. The van der Waals surface area contributed by atoms with E-state index in [1.807, 2.05) is 6.92 Å². The lowest BCUT2D eigenvalue weighted by molar-refractivity contribution is -0.117. The molecule has 1 aromatic carbocycles.